The molecule has 30 heavy (non-hydrogen) atoms. The van der Waals surface area contributed by atoms with Crippen LogP contribution in [-0.4, -0.2) is 23.3 Å². The summed E-state index contributed by atoms with van der Waals surface area (Å²) in [6.45, 7) is 6.38. The zero-order valence-electron chi connectivity index (χ0n) is 18.6. The number of rotatable bonds is 11. The number of carbonyl (C=O) groups is 1. The van der Waals surface area contributed by atoms with Gasteiger partial charge in [0, 0.05) is 5.56 Å². The lowest BCUT2D eigenvalue weighted by Crippen LogP contribution is -2.09. The van der Waals surface area contributed by atoms with Crippen LogP contribution >= 0.6 is 0 Å². The van der Waals surface area contributed by atoms with Crippen LogP contribution in [0.1, 0.15) is 67.1 Å². The Balaban J connectivity index is 2.21. The Morgan fingerprint density at radius 3 is 2.40 bits per heavy atom. The maximum Gasteiger partial charge on any atom is 0.339 e. The van der Waals surface area contributed by atoms with Gasteiger partial charge in [0.2, 0.25) is 0 Å². The quantitative estimate of drug-likeness (QED) is 0.433. The maximum absolute atomic E-state index is 11.9. The molecule has 2 aromatic carbocycles. The maximum atomic E-state index is 11.9. The molecule has 4 heteroatoms. The highest BCUT2D eigenvalue weighted by Crippen LogP contribution is 2.37. The van der Waals surface area contributed by atoms with Gasteiger partial charge in [-0.25, -0.2) is 4.79 Å². The number of aromatic carboxylic acids is 1. The molecule has 0 aliphatic rings. The molecule has 0 saturated heterocycles. The van der Waals surface area contributed by atoms with Crippen LogP contribution < -0.4 is 4.74 Å². The number of allylic oxidation sites excluding steroid dienone is 2. The third kappa shape index (κ3) is 6.65. The van der Waals surface area contributed by atoms with Crippen LogP contribution in [0.4, 0.5) is 0 Å². The number of carboxylic acid groups (broad SMARTS) is 1. The van der Waals surface area contributed by atoms with Crippen LogP contribution in [0.25, 0.3) is 0 Å². The van der Waals surface area contributed by atoms with Crippen molar-refractivity contribution in [3.8, 4) is 11.5 Å². The molecule has 0 fully saturated rings. The summed E-state index contributed by atoms with van der Waals surface area (Å²) in [5.41, 5.74) is 3.63. The van der Waals surface area contributed by atoms with Gasteiger partial charge < -0.3 is 14.9 Å². The third-order valence-electron chi connectivity index (χ3n) is 5.51. The lowest BCUT2D eigenvalue weighted by Gasteiger charge is -2.18. The summed E-state index contributed by atoms with van der Waals surface area (Å²) >= 11 is 0. The Bertz CT molecular complexity index is 864. The van der Waals surface area contributed by atoms with Gasteiger partial charge >= 0.3 is 5.97 Å². The first-order valence-corrected chi connectivity index (χ1v) is 10.7. The zero-order chi connectivity index (χ0) is 22.1. The van der Waals surface area contributed by atoms with Gasteiger partial charge in [0.25, 0.3) is 0 Å². The smallest absolute Gasteiger partial charge is 0.339 e. The second kappa shape index (κ2) is 11.4. The Morgan fingerprint density at radius 2 is 1.80 bits per heavy atom. The molecular weight excluding hydrogens is 376 g/mol. The number of benzene rings is 2. The number of ether oxygens (including phenoxy) is 1. The zero-order valence-corrected chi connectivity index (χ0v) is 18.6. The highest BCUT2D eigenvalue weighted by Gasteiger charge is 2.23. The number of methoxy groups -OCH3 is 1. The Morgan fingerprint density at radius 1 is 1.10 bits per heavy atom. The lowest BCUT2D eigenvalue weighted by molar-refractivity contribution is 0.0692. The van der Waals surface area contributed by atoms with Gasteiger partial charge in [0.05, 0.1) is 7.11 Å². The summed E-state index contributed by atoms with van der Waals surface area (Å²) in [5.74, 6) is -0.217. The minimum Gasteiger partial charge on any atom is -0.507 e. The van der Waals surface area contributed by atoms with E-state index in [9.17, 15) is 15.0 Å². The van der Waals surface area contributed by atoms with Crippen molar-refractivity contribution in [1.82, 2.24) is 0 Å². The van der Waals surface area contributed by atoms with Crippen LogP contribution in [-0.2, 0) is 19.3 Å². The molecule has 2 aromatic rings. The van der Waals surface area contributed by atoms with E-state index >= 15 is 0 Å². The molecule has 2 N–H and O–H groups in total. The first-order valence-electron chi connectivity index (χ1n) is 10.7. The Hall–Kier alpha value is -2.75. The summed E-state index contributed by atoms with van der Waals surface area (Å²) in [4.78, 5) is 11.9. The van der Waals surface area contributed by atoms with E-state index in [0.29, 0.717) is 42.1 Å². The van der Waals surface area contributed by atoms with Crippen molar-refractivity contribution in [1.29, 1.82) is 0 Å². The van der Waals surface area contributed by atoms with Gasteiger partial charge in [-0.1, -0.05) is 48.9 Å². The Labute approximate surface area is 180 Å². The van der Waals surface area contributed by atoms with Crippen LogP contribution in [0.5, 0.6) is 11.5 Å². The molecule has 0 aromatic heterocycles. The Kier molecular flexibility index (Phi) is 8.97. The summed E-state index contributed by atoms with van der Waals surface area (Å²) in [6.07, 6.45) is 7.01. The van der Waals surface area contributed by atoms with E-state index in [2.05, 4.69) is 26.8 Å². The second-order valence-electron chi connectivity index (χ2n) is 8.23. The van der Waals surface area contributed by atoms with Crippen molar-refractivity contribution >= 4 is 5.97 Å². The van der Waals surface area contributed by atoms with Crippen LogP contribution in [0.2, 0.25) is 0 Å². The fourth-order valence-corrected chi connectivity index (χ4v) is 3.71. The molecule has 0 aliphatic heterocycles. The number of phenols is 1. The molecule has 0 spiro atoms. The van der Waals surface area contributed by atoms with Crippen molar-refractivity contribution in [2.75, 3.05) is 7.11 Å². The summed E-state index contributed by atoms with van der Waals surface area (Å²) in [6, 6.07) is 11.7. The fraction of sp³-hybridized carbons (Fsp3) is 0.423. The van der Waals surface area contributed by atoms with Crippen molar-refractivity contribution in [2.45, 2.75) is 59.3 Å². The van der Waals surface area contributed by atoms with E-state index < -0.39 is 5.97 Å². The largest absolute Gasteiger partial charge is 0.507 e. The molecule has 4 nitrogen and oxygen atoms in total. The first kappa shape index (κ1) is 23.5. The molecule has 1 atom stereocenters. The van der Waals surface area contributed by atoms with Crippen molar-refractivity contribution in [2.24, 2.45) is 5.92 Å². The number of carboxylic acids is 1. The monoisotopic (exact) mass is 410 g/mol. The highest BCUT2D eigenvalue weighted by molar-refractivity contribution is 5.93. The van der Waals surface area contributed by atoms with Gasteiger partial charge in [0.1, 0.15) is 17.1 Å². The molecule has 0 saturated carbocycles. The average Bonchev–Trinajstić information content (AvgIpc) is 2.71. The SMILES string of the molecule is COc1cc(CCc2ccccc2)c(C(=O)O)c(O)c1CCC(C)CCC=C(C)C. The first-order chi connectivity index (χ1) is 14.3. The van der Waals surface area contributed by atoms with Crippen LogP contribution in [0.15, 0.2) is 48.0 Å². The summed E-state index contributed by atoms with van der Waals surface area (Å²) < 4.78 is 5.54. The second-order valence-corrected chi connectivity index (χ2v) is 8.23. The number of hydrogen-bond acceptors (Lipinski definition) is 3. The van der Waals surface area contributed by atoms with Gasteiger partial charge in [0.15, 0.2) is 0 Å². The van der Waals surface area contributed by atoms with Gasteiger partial charge in [-0.15, -0.1) is 0 Å². The topological polar surface area (TPSA) is 66.8 Å². The van der Waals surface area contributed by atoms with Crippen molar-refractivity contribution in [3.05, 3.63) is 70.3 Å². The lowest BCUT2D eigenvalue weighted by atomic mass is 9.91. The molecule has 0 amide bonds. The van der Waals surface area contributed by atoms with Crippen LogP contribution in [0, 0.1) is 5.92 Å². The van der Waals surface area contributed by atoms with E-state index in [-0.39, 0.29) is 11.3 Å². The van der Waals surface area contributed by atoms with Crippen molar-refractivity contribution < 1.29 is 19.7 Å². The minimum atomic E-state index is -1.10. The van der Waals surface area contributed by atoms with Gasteiger partial charge in [-0.2, -0.15) is 0 Å². The molecular formula is C26H34O4. The molecule has 2 rings (SSSR count). The molecule has 0 heterocycles. The number of aromatic hydroxyl groups is 1. The van der Waals surface area contributed by atoms with E-state index in [1.54, 1.807) is 13.2 Å². The van der Waals surface area contributed by atoms with Crippen molar-refractivity contribution in [3.63, 3.8) is 0 Å². The van der Waals surface area contributed by atoms with Gasteiger partial charge in [-0.05, 0) is 75.5 Å². The number of aryl methyl sites for hydroxylation is 2. The summed E-state index contributed by atoms with van der Waals surface area (Å²) in [7, 11) is 1.57. The fourth-order valence-electron chi connectivity index (χ4n) is 3.71. The average molecular weight is 411 g/mol. The molecule has 162 valence electrons. The molecule has 0 aliphatic carbocycles. The van der Waals surface area contributed by atoms with E-state index in [4.69, 9.17) is 4.74 Å². The predicted molar refractivity (Wildman–Crippen MR) is 122 cm³/mol. The standard InChI is InChI=1S/C26H34O4/c1-18(2)9-8-10-19(3)13-16-22-23(30-4)17-21(24(25(22)27)26(28)29)15-14-20-11-6-5-7-12-20/h5-7,9,11-12,17,19,27H,8,10,13-16H2,1-4H3,(H,28,29). The van der Waals surface area contributed by atoms with E-state index in [1.807, 2.05) is 30.3 Å². The normalized spacial score (nSPS) is 11.7. The minimum absolute atomic E-state index is 0.000995. The molecule has 1 unspecified atom stereocenters. The van der Waals surface area contributed by atoms with E-state index in [0.717, 1.165) is 24.8 Å². The molecule has 0 radical (unpaired) electrons. The third-order valence-corrected chi connectivity index (χ3v) is 5.51. The van der Waals surface area contributed by atoms with E-state index in [1.165, 1.54) is 5.57 Å². The predicted octanol–water partition coefficient (Wildman–Crippen LogP) is 6.20. The van der Waals surface area contributed by atoms with Crippen LogP contribution in [0.3, 0.4) is 0 Å². The highest BCUT2D eigenvalue weighted by atomic mass is 16.5. The van der Waals surface area contributed by atoms with Gasteiger partial charge in [-0.3, -0.25) is 0 Å². The number of hydrogen-bond donors (Lipinski definition) is 2. The summed E-state index contributed by atoms with van der Waals surface area (Å²) in [5, 5.41) is 20.6. The molecule has 0 bridgehead atoms.